The Morgan fingerprint density at radius 1 is 1.41 bits per heavy atom. The minimum atomic E-state index is -4.18. The molecule has 2 heterocycles. The Hall–Kier alpha value is -1.77. The van der Waals surface area contributed by atoms with Gasteiger partial charge < -0.3 is 10.2 Å². The highest BCUT2D eigenvalue weighted by Crippen LogP contribution is 2.25. The van der Waals surface area contributed by atoms with E-state index in [1.54, 1.807) is 13.2 Å². The number of rotatable bonds is 3. The van der Waals surface area contributed by atoms with Crippen LogP contribution in [-0.2, 0) is 6.54 Å². The molecule has 1 aliphatic heterocycles. The summed E-state index contributed by atoms with van der Waals surface area (Å²) in [7, 11) is 1.67. The second-order valence-electron chi connectivity index (χ2n) is 5.22. The zero-order valence-corrected chi connectivity index (χ0v) is 12.7. The second kappa shape index (κ2) is 6.99. The Morgan fingerprint density at radius 3 is 2.59 bits per heavy atom. The number of nitrogens with one attached hydrogen (secondary N) is 2. The standard InChI is InChI=1S/C13H21F3N6/c1-10(13(14,15)16)21-5-7-22(8-6-21)12(17-2)18-9-11-3-4-19-20-11/h3-4,10H,5-9H2,1-2H3,(H,17,18)(H,19,20). The molecule has 1 fully saturated rings. The number of aliphatic imine (C=N–C) groups is 1. The third-order valence-corrected chi connectivity index (χ3v) is 3.84. The Labute approximate surface area is 127 Å². The summed E-state index contributed by atoms with van der Waals surface area (Å²) in [5.74, 6) is 0.689. The molecule has 9 heteroatoms. The van der Waals surface area contributed by atoms with Gasteiger partial charge in [-0.1, -0.05) is 0 Å². The van der Waals surface area contributed by atoms with Crippen LogP contribution in [0.15, 0.2) is 17.3 Å². The van der Waals surface area contributed by atoms with Crippen molar-refractivity contribution in [3.8, 4) is 0 Å². The van der Waals surface area contributed by atoms with Crippen molar-refractivity contribution >= 4 is 5.96 Å². The van der Waals surface area contributed by atoms with Gasteiger partial charge in [0.1, 0.15) is 6.04 Å². The molecule has 124 valence electrons. The number of halogens is 3. The van der Waals surface area contributed by atoms with Gasteiger partial charge in [-0.25, -0.2) is 0 Å². The highest BCUT2D eigenvalue weighted by molar-refractivity contribution is 5.79. The van der Waals surface area contributed by atoms with Crippen LogP contribution in [-0.4, -0.2) is 71.4 Å². The van der Waals surface area contributed by atoms with Crippen LogP contribution in [0.4, 0.5) is 13.2 Å². The molecule has 1 saturated heterocycles. The van der Waals surface area contributed by atoms with Crippen LogP contribution in [0.3, 0.4) is 0 Å². The van der Waals surface area contributed by atoms with E-state index in [2.05, 4.69) is 20.5 Å². The molecular formula is C13H21F3N6. The number of hydrogen-bond donors (Lipinski definition) is 2. The van der Waals surface area contributed by atoms with Crippen LogP contribution in [0.2, 0.25) is 0 Å². The number of hydrogen-bond acceptors (Lipinski definition) is 3. The zero-order chi connectivity index (χ0) is 16.2. The largest absolute Gasteiger partial charge is 0.403 e. The fraction of sp³-hybridized carbons (Fsp3) is 0.692. The van der Waals surface area contributed by atoms with Crippen molar-refractivity contribution in [3.63, 3.8) is 0 Å². The molecule has 1 aromatic heterocycles. The van der Waals surface area contributed by atoms with Crippen LogP contribution in [0.1, 0.15) is 12.6 Å². The molecule has 0 aliphatic carbocycles. The highest BCUT2D eigenvalue weighted by Gasteiger charge is 2.41. The van der Waals surface area contributed by atoms with E-state index in [-0.39, 0.29) is 0 Å². The van der Waals surface area contributed by atoms with E-state index in [0.717, 1.165) is 5.69 Å². The van der Waals surface area contributed by atoms with Gasteiger partial charge >= 0.3 is 6.18 Å². The van der Waals surface area contributed by atoms with Crippen molar-refractivity contribution in [2.24, 2.45) is 4.99 Å². The number of aromatic amines is 1. The Kier molecular flexibility index (Phi) is 5.28. The number of nitrogens with zero attached hydrogens (tertiary/aromatic N) is 4. The number of aromatic nitrogens is 2. The predicted molar refractivity (Wildman–Crippen MR) is 77.4 cm³/mol. The molecule has 1 unspecified atom stereocenters. The summed E-state index contributed by atoms with van der Waals surface area (Å²) in [6.07, 6.45) is -2.51. The lowest BCUT2D eigenvalue weighted by Crippen LogP contribution is -2.56. The summed E-state index contributed by atoms with van der Waals surface area (Å²) < 4.78 is 38.2. The first-order chi connectivity index (χ1) is 10.4. The first kappa shape index (κ1) is 16.6. The number of H-pyrrole nitrogens is 1. The maximum Gasteiger partial charge on any atom is 0.403 e. The van der Waals surface area contributed by atoms with Crippen LogP contribution < -0.4 is 5.32 Å². The van der Waals surface area contributed by atoms with Gasteiger partial charge in [-0.15, -0.1) is 0 Å². The van der Waals surface area contributed by atoms with Crippen molar-refractivity contribution in [2.45, 2.75) is 25.7 Å². The molecule has 22 heavy (non-hydrogen) atoms. The van der Waals surface area contributed by atoms with E-state index in [1.165, 1.54) is 11.8 Å². The molecule has 2 N–H and O–H groups in total. The van der Waals surface area contributed by atoms with Crippen molar-refractivity contribution in [1.82, 2.24) is 25.3 Å². The third-order valence-electron chi connectivity index (χ3n) is 3.84. The lowest BCUT2D eigenvalue weighted by molar-refractivity contribution is -0.181. The fourth-order valence-electron chi connectivity index (χ4n) is 2.42. The third kappa shape index (κ3) is 4.12. The zero-order valence-electron chi connectivity index (χ0n) is 12.7. The summed E-state index contributed by atoms with van der Waals surface area (Å²) in [6, 6.07) is 0.443. The Bertz CT molecular complexity index is 476. The van der Waals surface area contributed by atoms with Crippen LogP contribution >= 0.6 is 0 Å². The first-order valence-electron chi connectivity index (χ1n) is 7.16. The Balaban J connectivity index is 1.84. The average Bonchev–Trinajstić information content (AvgIpc) is 3.00. The van der Waals surface area contributed by atoms with Crippen LogP contribution in [0.25, 0.3) is 0 Å². The van der Waals surface area contributed by atoms with E-state index in [9.17, 15) is 13.2 Å². The average molecular weight is 318 g/mol. The van der Waals surface area contributed by atoms with Crippen molar-refractivity contribution in [3.05, 3.63) is 18.0 Å². The lowest BCUT2D eigenvalue weighted by atomic mass is 10.2. The fourth-order valence-corrected chi connectivity index (χ4v) is 2.42. The van der Waals surface area contributed by atoms with E-state index in [1.807, 2.05) is 11.0 Å². The van der Waals surface area contributed by atoms with Crippen molar-refractivity contribution in [1.29, 1.82) is 0 Å². The van der Waals surface area contributed by atoms with Crippen LogP contribution in [0.5, 0.6) is 0 Å². The topological polar surface area (TPSA) is 59.6 Å². The predicted octanol–water partition coefficient (Wildman–Crippen LogP) is 1.05. The first-order valence-corrected chi connectivity index (χ1v) is 7.16. The van der Waals surface area contributed by atoms with Gasteiger partial charge in [-0.3, -0.25) is 15.0 Å². The molecule has 1 aromatic rings. The monoisotopic (exact) mass is 318 g/mol. The maximum atomic E-state index is 12.7. The molecule has 1 atom stereocenters. The smallest absolute Gasteiger partial charge is 0.351 e. The summed E-state index contributed by atoms with van der Waals surface area (Å²) in [5, 5.41) is 9.88. The molecule has 0 bridgehead atoms. The number of alkyl halides is 3. The van der Waals surface area contributed by atoms with Gasteiger partial charge in [-0.2, -0.15) is 18.3 Å². The minimum absolute atomic E-state index is 0.367. The van der Waals surface area contributed by atoms with Gasteiger partial charge in [0.2, 0.25) is 0 Å². The molecule has 0 saturated carbocycles. The molecule has 0 amide bonds. The second-order valence-corrected chi connectivity index (χ2v) is 5.22. The molecular weight excluding hydrogens is 297 g/mol. The summed E-state index contributed by atoms with van der Waals surface area (Å²) in [6.45, 7) is 3.52. The normalized spacial score (nSPS) is 19.3. The molecule has 2 rings (SSSR count). The van der Waals surface area contributed by atoms with Gasteiger partial charge in [0.05, 0.1) is 12.2 Å². The van der Waals surface area contributed by atoms with Gasteiger partial charge in [0.25, 0.3) is 0 Å². The number of piperazine rings is 1. The summed E-state index contributed by atoms with van der Waals surface area (Å²) in [4.78, 5) is 7.61. The SMILES string of the molecule is CN=C(NCc1ccn[nH]1)N1CCN(C(C)C(F)(F)F)CC1. The van der Waals surface area contributed by atoms with Crippen molar-refractivity contribution < 1.29 is 13.2 Å². The number of guanidine groups is 1. The van der Waals surface area contributed by atoms with E-state index < -0.39 is 12.2 Å². The molecule has 0 spiro atoms. The summed E-state index contributed by atoms with van der Waals surface area (Å²) >= 11 is 0. The maximum absolute atomic E-state index is 12.7. The van der Waals surface area contributed by atoms with Gasteiger partial charge in [0.15, 0.2) is 5.96 Å². The molecule has 6 nitrogen and oxygen atoms in total. The molecule has 0 radical (unpaired) electrons. The highest BCUT2D eigenvalue weighted by atomic mass is 19.4. The molecule has 0 aromatic carbocycles. The van der Waals surface area contributed by atoms with Crippen LogP contribution in [0, 0.1) is 0 Å². The van der Waals surface area contributed by atoms with E-state index in [4.69, 9.17) is 0 Å². The lowest BCUT2D eigenvalue weighted by Gasteiger charge is -2.39. The summed E-state index contributed by atoms with van der Waals surface area (Å²) in [5.41, 5.74) is 0.922. The van der Waals surface area contributed by atoms with Gasteiger partial charge in [0, 0.05) is 39.4 Å². The van der Waals surface area contributed by atoms with E-state index in [0.29, 0.717) is 38.7 Å². The van der Waals surface area contributed by atoms with Gasteiger partial charge in [-0.05, 0) is 13.0 Å². The Morgan fingerprint density at radius 2 is 2.09 bits per heavy atom. The minimum Gasteiger partial charge on any atom is -0.351 e. The quantitative estimate of drug-likeness (QED) is 0.646. The molecule has 1 aliphatic rings. The van der Waals surface area contributed by atoms with Crippen molar-refractivity contribution in [2.75, 3.05) is 33.2 Å². The van der Waals surface area contributed by atoms with E-state index >= 15 is 0 Å².